The van der Waals surface area contributed by atoms with Gasteiger partial charge in [-0.1, -0.05) is 26.7 Å². The first kappa shape index (κ1) is 17.4. The second-order valence-corrected chi connectivity index (χ2v) is 7.59. The van der Waals surface area contributed by atoms with Crippen LogP contribution in [-0.4, -0.2) is 32.8 Å². The van der Waals surface area contributed by atoms with Gasteiger partial charge < -0.3 is 4.74 Å². The molecule has 20 heavy (non-hydrogen) atoms. The number of nitrogens with one attached hydrogen (secondary N) is 1. The maximum atomic E-state index is 12.0. The molecule has 0 aromatic heterocycles. The van der Waals surface area contributed by atoms with E-state index in [-0.39, 0.29) is 24.2 Å². The van der Waals surface area contributed by atoms with Crippen molar-refractivity contribution in [3.63, 3.8) is 0 Å². The molecule has 0 radical (unpaired) electrons. The van der Waals surface area contributed by atoms with E-state index in [1.807, 2.05) is 0 Å². The van der Waals surface area contributed by atoms with E-state index >= 15 is 0 Å². The Morgan fingerprint density at radius 1 is 1.30 bits per heavy atom. The number of esters is 1. The summed E-state index contributed by atoms with van der Waals surface area (Å²) in [7, 11) is -3.31. The summed E-state index contributed by atoms with van der Waals surface area (Å²) in [5, 5.41) is 0. The summed E-state index contributed by atoms with van der Waals surface area (Å²) in [4.78, 5) is 11.2. The number of sulfonamides is 1. The quantitative estimate of drug-likeness (QED) is 0.731. The molecule has 0 bridgehead atoms. The third-order valence-electron chi connectivity index (χ3n) is 4.14. The molecule has 0 amide bonds. The van der Waals surface area contributed by atoms with Gasteiger partial charge in [-0.25, -0.2) is 13.1 Å². The molecule has 0 aliphatic heterocycles. The van der Waals surface area contributed by atoms with Crippen molar-refractivity contribution in [2.75, 3.05) is 12.4 Å². The SMILES string of the molecule is CCOC(=O)CCCS(=O)(=O)NC1CCCC(C)C1C. The lowest BCUT2D eigenvalue weighted by Crippen LogP contribution is -2.44. The first-order valence-electron chi connectivity index (χ1n) is 7.51. The van der Waals surface area contributed by atoms with Crippen LogP contribution >= 0.6 is 0 Å². The van der Waals surface area contributed by atoms with Crippen molar-refractivity contribution in [3.8, 4) is 0 Å². The Kier molecular flexibility index (Phi) is 6.95. The minimum atomic E-state index is -3.31. The Hall–Kier alpha value is -0.620. The molecule has 1 N–H and O–H groups in total. The largest absolute Gasteiger partial charge is 0.466 e. The van der Waals surface area contributed by atoms with Crippen molar-refractivity contribution in [1.82, 2.24) is 4.72 Å². The molecule has 118 valence electrons. The lowest BCUT2D eigenvalue weighted by molar-refractivity contribution is -0.143. The van der Waals surface area contributed by atoms with E-state index in [0.717, 1.165) is 12.8 Å². The highest BCUT2D eigenvalue weighted by atomic mass is 32.2. The average molecular weight is 305 g/mol. The van der Waals surface area contributed by atoms with E-state index < -0.39 is 10.0 Å². The fourth-order valence-corrected chi connectivity index (χ4v) is 4.11. The van der Waals surface area contributed by atoms with Gasteiger partial charge in [-0.3, -0.25) is 4.79 Å². The standard InChI is InChI=1S/C14H27NO4S/c1-4-19-14(16)9-6-10-20(17,18)15-13-8-5-7-11(2)12(13)3/h11-13,15H,4-10H2,1-3H3. The second kappa shape index (κ2) is 7.98. The van der Waals surface area contributed by atoms with Crippen LogP contribution in [0, 0.1) is 11.8 Å². The molecule has 1 aliphatic rings. The summed E-state index contributed by atoms with van der Waals surface area (Å²) in [6, 6.07) is 0.0337. The molecule has 1 fully saturated rings. The lowest BCUT2D eigenvalue weighted by atomic mass is 9.78. The number of hydrogen-bond donors (Lipinski definition) is 1. The minimum Gasteiger partial charge on any atom is -0.466 e. The molecule has 1 rings (SSSR count). The molecular formula is C14H27NO4S. The third-order valence-corrected chi connectivity index (χ3v) is 5.63. The van der Waals surface area contributed by atoms with Crippen LogP contribution in [0.15, 0.2) is 0 Å². The van der Waals surface area contributed by atoms with Crippen LogP contribution in [0.25, 0.3) is 0 Å². The Bertz CT molecular complexity index is 407. The highest BCUT2D eigenvalue weighted by molar-refractivity contribution is 7.89. The monoisotopic (exact) mass is 305 g/mol. The van der Waals surface area contributed by atoms with Gasteiger partial charge in [0.1, 0.15) is 0 Å². The second-order valence-electron chi connectivity index (χ2n) is 5.72. The van der Waals surface area contributed by atoms with Gasteiger partial charge in [0, 0.05) is 12.5 Å². The number of carbonyl (C=O) groups is 1. The highest BCUT2D eigenvalue weighted by Crippen LogP contribution is 2.29. The Morgan fingerprint density at radius 2 is 2.00 bits per heavy atom. The molecule has 0 aromatic carbocycles. The Morgan fingerprint density at radius 3 is 2.65 bits per heavy atom. The molecule has 0 heterocycles. The van der Waals surface area contributed by atoms with Gasteiger partial charge in [0.25, 0.3) is 0 Å². The normalized spacial score (nSPS) is 27.2. The summed E-state index contributed by atoms with van der Waals surface area (Å²) in [6.45, 7) is 6.35. The zero-order valence-electron chi connectivity index (χ0n) is 12.7. The van der Waals surface area contributed by atoms with E-state index in [9.17, 15) is 13.2 Å². The molecule has 3 unspecified atom stereocenters. The van der Waals surface area contributed by atoms with Gasteiger partial charge in [0.2, 0.25) is 10.0 Å². The predicted octanol–water partition coefficient (Wildman–Crippen LogP) is 2.07. The smallest absolute Gasteiger partial charge is 0.305 e. The number of carbonyl (C=O) groups excluding carboxylic acids is 1. The summed E-state index contributed by atoms with van der Waals surface area (Å²) < 4.78 is 31.6. The maximum absolute atomic E-state index is 12.0. The van der Waals surface area contributed by atoms with Crippen molar-refractivity contribution >= 4 is 16.0 Å². The Balaban J connectivity index is 2.39. The summed E-state index contributed by atoms with van der Waals surface area (Å²) in [5.41, 5.74) is 0. The van der Waals surface area contributed by atoms with Crippen LogP contribution in [0.3, 0.4) is 0 Å². The number of ether oxygens (including phenoxy) is 1. The van der Waals surface area contributed by atoms with Crippen LogP contribution in [0.5, 0.6) is 0 Å². The van der Waals surface area contributed by atoms with Crippen LogP contribution in [0.1, 0.15) is 52.9 Å². The fourth-order valence-electron chi connectivity index (χ4n) is 2.68. The predicted molar refractivity (Wildman–Crippen MR) is 78.8 cm³/mol. The van der Waals surface area contributed by atoms with Gasteiger partial charge in [-0.2, -0.15) is 0 Å². The zero-order chi connectivity index (χ0) is 15.2. The van der Waals surface area contributed by atoms with E-state index in [4.69, 9.17) is 4.74 Å². The molecule has 1 aliphatic carbocycles. The first-order valence-corrected chi connectivity index (χ1v) is 9.16. The molecule has 0 spiro atoms. The van der Waals surface area contributed by atoms with Gasteiger partial charge in [0.15, 0.2) is 0 Å². The van der Waals surface area contributed by atoms with E-state index in [0.29, 0.717) is 24.9 Å². The highest BCUT2D eigenvalue weighted by Gasteiger charge is 2.29. The van der Waals surface area contributed by atoms with Gasteiger partial charge in [-0.05, 0) is 31.6 Å². The maximum Gasteiger partial charge on any atom is 0.305 e. The lowest BCUT2D eigenvalue weighted by Gasteiger charge is -2.34. The van der Waals surface area contributed by atoms with Crippen LogP contribution < -0.4 is 4.72 Å². The van der Waals surface area contributed by atoms with Crippen LogP contribution in [0.2, 0.25) is 0 Å². The van der Waals surface area contributed by atoms with E-state index in [2.05, 4.69) is 18.6 Å². The molecule has 6 heteroatoms. The van der Waals surface area contributed by atoms with E-state index in [1.165, 1.54) is 6.42 Å². The van der Waals surface area contributed by atoms with Crippen molar-refractivity contribution in [1.29, 1.82) is 0 Å². The summed E-state index contributed by atoms with van der Waals surface area (Å²) >= 11 is 0. The van der Waals surface area contributed by atoms with Crippen molar-refractivity contribution in [3.05, 3.63) is 0 Å². The van der Waals surface area contributed by atoms with Crippen molar-refractivity contribution < 1.29 is 17.9 Å². The summed E-state index contributed by atoms with van der Waals surface area (Å²) in [5.74, 6) is 0.575. The third kappa shape index (κ3) is 5.79. The van der Waals surface area contributed by atoms with E-state index in [1.54, 1.807) is 6.92 Å². The molecular weight excluding hydrogens is 278 g/mol. The summed E-state index contributed by atoms with van der Waals surface area (Å²) in [6.07, 6.45) is 3.61. The zero-order valence-corrected chi connectivity index (χ0v) is 13.5. The fraction of sp³-hybridized carbons (Fsp3) is 0.929. The van der Waals surface area contributed by atoms with Gasteiger partial charge in [0.05, 0.1) is 12.4 Å². The van der Waals surface area contributed by atoms with Crippen LogP contribution in [0.4, 0.5) is 0 Å². The average Bonchev–Trinajstić information content (AvgIpc) is 2.35. The van der Waals surface area contributed by atoms with Gasteiger partial charge in [-0.15, -0.1) is 0 Å². The van der Waals surface area contributed by atoms with Crippen LogP contribution in [-0.2, 0) is 19.6 Å². The van der Waals surface area contributed by atoms with Gasteiger partial charge >= 0.3 is 5.97 Å². The number of hydrogen-bond acceptors (Lipinski definition) is 4. The topological polar surface area (TPSA) is 72.5 Å². The molecule has 0 aromatic rings. The first-order chi connectivity index (χ1) is 9.35. The molecule has 0 saturated heterocycles. The van der Waals surface area contributed by atoms with Crippen molar-refractivity contribution in [2.45, 2.75) is 58.9 Å². The molecule has 3 atom stereocenters. The Labute approximate surface area is 122 Å². The number of rotatable bonds is 7. The molecule has 5 nitrogen and oxygen atoms in total. The van der Waals surface area contributed by atoms with Crippen molar-refractivity contribution in [2.24, 2.45) is 11.8 Å². The molecule has 1 saturated carbocycles. The minimum absolute atomic E-state index is 0.0105.